The number of Topliss-reactive ketones (excluding diaryl/α,β-unsaturated/α-hetero) is 1. The fraction of sp³-hybridized carbons (Fsp3) is 0.545. The number of hydrogen-bond acceptors (Lipinski definition) is 4. The molecule has 2 heterocycles. The zero-order chi connectivity index (χ0) is 10.8. The number of nitrogens with zero attached hydrogens (tertiary/aromatic N) is 1. The van der Waals surface area contributed by atoms with Crippen molar-refractivity contribution in [1.29, 1.82) is 0 Å². The molecule has 1 aromatic heterocycles. The first-order valence-corrected chi connectivity index (χ1v) is 5.19. The lowest BCUT2D eigenvalue weighted by atomic mass is 10.1. The molecule has 0 bridgehead atoms. The summed E-state index contributed by atoms with van der Waals surface area (Å²) in [6, 6.07) is 3.43. The maximum atomic E-state index is 12.0. The van der Waals surface area contributed by atoms with Gasteiger partial charge in [-0.25, -0.2) is 0 Å². The molecule has 4 heteroatoms. The molecule has 0 aliphatic carbocycles. The summed E-state index contributed by atoms with van der Waals surface area (Å²) in [6.07, 6.45) is 0. The number of ketones is 1. The first kappa shape index (κ1) is 10.4. The van der Waals surface area contributed by atoms with Gasteiger partial charge in [0, 0.05) is 19.6 Å². The maximum absolute atomic E-state index is 12.0. The number of aryl methyl sites for hydroxylation is 1. The maximum Gasteiger partial charge on any atom is 0.216 e. The molecule has 1 aliphatic rings. The number of likely N-dealkylation sites (N-methyl/N-ethyl adjacent to an activating group) is 1. The van der Waals surface area contributed by atoms with E-state index in [0.717, 1.165) is 25.4 Å². The second-order valence-corrected chi connectivity index (χ2v) is 4.04. The molecule has 1 fully saturated rings. The smallest absolute Gasteiger partial charge is 0.216 e. The lowest BCUT2D eigenvalue weighted by Gasteiger charge is -2.29. The second kappa shape index (κ2) is 4.16. The number of carbonyl (C=O) groups excluding carboxylic acids is 1. The molecule has 0 saturated carbocycles. The van der Waals surface area contributed by atoms with Crippen LogP contribution in [0.15, 0.2) is 16.5 Å². The van der Waals surface area contributed by atoms with Crippen LogP contribution < -0.4 is 5.32 Å². The average Bonchev–Trinajstić information content (AvgIpc) is 2.64. The third kappa shape index (κ3) is 2.27. The Morgan fingerprint density at radius 1 is 1.60 bits per heavy atom. The first-order chi connectivity index (χ1) is 7.16. The Labute approximate surface area is 89.2 Å². The van der Waals surface area contributed by atoms with Gasteiger partial charge in [0.25, 0.3) is 0 Å². The standard InChI is InChI=1S/C11H16N2O2/c1-8-3-4-10(15-8)11(14)9-7-13(2)6-5-12-9/h3-4,9,12H,5-7H2,1-2H3. The van der Waals surface area contributed by atoms with Crippen molar-refractivity contribution in [2.24, 2.45) is 0 Å². The van der Waals surface area contributed by atoms with Crippen LogP contribution in [0, 0.1) is 6.92 Å². The zero-order valence-electron chi connectivity index (χ0n) is 9.12. The van der Waals surface area contributed by atoms with Gasteiger partial charge in [0.15, 0.2) is 5.76 Å². The topological polar surface area (TPSA) is 45.5 Å². The summed E-state index contributed by atoms with van der Waals surface area (Å²) in [4.78, 5) is 14.1. The van der Waals surface area contributed by atoms with Gasteiger partial charge in [0.1, 0.15) is 5.76 Å². The normalized spacial score (nSPS) is 22.9. The summed E-state index contributed by atoms with van der Waals surface area (Å²) in [6.45, 7) is 4.43. The van der Waals surface area contributed by atoms with E-state index in [4.69, 9.17) is 4.42 Å². The summed E-state index contributed by atoms with van der Waals surface area (Å²) < 4.78 is 5.33. The predicted molar refractivity (Wildman–Crippen MR) is 57.1 cm³/mol. The van der Waals surface area contributed by atoms with Gasteiger partial charge in [-0.05, 0) is 26.1 Å². The Bertz CT molecular complexity index is 359. The highest BCUT2D eigenvalue weighted by molar-refractivity contribution is 5.98. The second-order valence-electron chi connectivity index (χ2n) is 4.04. The van der Waals surface area contributed by atoms with Crippen LogP contribution in [0.3, 0.4) is 0 Å². The van der Waals surface area contributed by atoms with E-state index in [1.54, 1.807) is 6.07 Å². The lowest BCUT2D eigenvalue weighted by molar-refractivity contribution is 0.0865. The molecular formula is C11H16N2O2. The Hall–Kier alpha value is -1.13. The fourth-order valence-electron chi connectivity index (χ4n) is 1.81. The minimum atomic E-state index is -0.130. The highest BCUT2D eigenvalue weighted by Gasteiger charge is 2.26. The SMILES string of the molecule is Cc1ccc(C(=O)C2CN(C)CCN2)o1. The van der Waals surface area contributed by atoms with Gasteiger partial charge in [-0.3, -0.25) is 4.79 Å². The van der Waals surface area contributed by atoms with Crippen molar-refractivity contribution in [1.82, 2.24) is 10.2 Å². The van der Waals surface area contributed by atoms with E-state index in [1.807, 2.05) is 20.0 Å². The molecule has 1 atom stereocenters. The monoisotopic (exact) mass is 208 g/mol. The van der Waals surface area contributed by atoms with Gasteiger partial charge in [-0.1, -0.05) is 0 Å². The average molecular weight is 208 g/mol. The Morgan fingerprint density at radius 2 is 2.40 bits per heavy atom. The van der Waals surface area contributed by atoms with Crippen LogP contribution in [0.1, 0.15) is 16.3 Å². The summed E-state index contributed by atoms with van der Waals surface area (Å²) in [5, 5.41) is 3.21. The molecule has 15 heavy (non-hydrogen) atoms. The van der Waals surface area contributed by atoms with Gasteiger partial charge in [-0.2, -0.15) is 0 Å². The fourth-order valence-corrected chi connectivity index (χ4v) is 1.81. The molecule has 1 unspecified atom stereocenters. The third-order valence-corrected chi connectivity index (χ3v) is 2.68. The van der Waals surface area contributed by atoms with Crippen molar-refractivity contribution >= 4 is 5.78 Å². The molecule has 4 nitrogen and oxygen atoms in total. The zero-order valence-corrected chi connectivity index (χ0v) is 9.12. The predicted octanol–water partition coefficient (Wildman–Crippen LogP) is 0.674. The van der Waals surface area contributed by atoms with Crippen molar-refractivity contribution in [3.8, 4) is 0 Å². The van der Waals surface area contributed by atoms with Gasteiger partial charge < -0.3 is 14.6 Å². The van der Waals surface area contributed by atoms with E-state index in [9.17, 15) is 4.79 Å². The molecule has 0 spiro atoms. The van der Waals surface area contributed by atoms with Crippen molar-refractivity contribution < 1.29 is 9.21 Å². The highest BCUT2D eigenvalue weighted by atomic mass is 16.3. The van der Waals surface area contributed by atoms with Crippen molar-refractivity contribution in [2.45, 2.75) is 13.0 Å². The van der Waals surface area contributed by atoms with E-state index in [0.29, 0.717) is 5.76 Å². The molecule has 1 N–H and O–H groups in total. The number of rotatable bonds is 2. The summed E-state index contributed by atoms with van der Waals surface area (Å²) in [5.41, 5.74) is 0. The molecule has 0 amide bonds. The van der Waals surface area contributed by atoms with Gasteiger partial charge >= 0.3 is 0 Å². The van der Waals surface area contributed by atoms with Gasteiger partial charge in [-0.15, -0.1) is 0 Å². The number of nitrogens with one attached hydrogen (secondary N) is 1. The number of carbonyl (C=O) groups is 1. The summed E-state index contributed by atoms with van der Waals surface area (Å²) in [7, 11) is 2.02. The van der Waals surface area contributed by atoms with Crippen molar-refractivity contribution in [2.75, 3.05) is 26.7 Å². The van der Waals surface area contributed by atoms with E-state index >= 15 is 0 Å². The van der Waals surface area contributed by atoms with Crippen LogP contribution in [0.4, 0.5) is 0 Å². The third-order valence-electron chi connectivity index (χ3n) is 2.68. The Morgan fingerprint density at radius 3 is 3.00 bits per heavy atom. The van der Waals surface area contributed by atoms with Crippen LogP contribution in [0.2, 0.25) is 0 Å². The first-order valence-electron chi connectivity index (χ1n) is 5.19. The van der Waals surface area contributed by atoms with Crippen LogP contribution in [0.25, 0.3) is 0 Å². The Kier molecular flexibility index (Phi) is 2.88. The van der Waals surface area contributed by atoms with E-state index in [2.05, 4.69) is 10.2 Å². The van der Waals surface area contributed by atoms with Crippen molar-refractivity contribution in [3.63, 3.8) is 0 Å². The highest BCUT2D eigenvalue weighted by Crippen LogP contribution is 2.10. The van der Waals surface area contributed by atoms with E-state index in [-0.39, 0.29) is 11.8 Å². The van der Waals surface area contributed by atoms with E-state index in [1.165, 1.54) is 0 Å². The molecule has 1 aromatic rings. The molecule has 0 aromatic carbocycles. The minimum absolute atomic E-state index is 0.0506. The molecule has 1 aliphatic heterocycles. The molecule has 0 radical (unpaired) electrons. The molecule has 82 valence electrons. The number of hydrogen-bond donors (Lipinski definition) is 1. The van der Waals surface area contributed by atoms with Gasteiger partial charge in [0.05, 0.1) is 6.04 Å². The number of furan rings is 1. The molecule has 1 saturated heterocycles. The van der Waals surface area contributed by atoms with Crippen molar-refractivity contribution in [3.05, 3.63) is 23.7 Å². The van der Waals surface area contributed by atoms with Crippen LogP contribution in [-0.4, -0.2) is 43.4 Å². The lowest BCUT2D eigenvalue weighted by Crippen LogP contribution is -2.52. The summed E-state index contributed by atoms with van der Waals surface area (Å²) in [5.74, 6) is 1.29. The number of piperazine rings is 1. The Balaban J connectivity index is 2.07. The van der Waals surface area contributed by atoms with E-state index < -0.39 is 0 Å². The molecular weight excluding hydrogens is 192 g/mol. The quantitative estimate of drug-likeness (QED) is 0.726. The van der Waals surface area contributed by atoms with Crippen LogP contribution in [0.5, 0.6) is 0 Å². The van der Waals surface area contributed by atoms with Crippen LogP contribution in [-0.2, 0) is 0 Å². The van der Waals surface area contributed by atoms with Crippen LogP contribution >= 0.6 is 0 Å². The minimum Gasteiger partial charge on any atom is -0.458 e. The van der Waals surface area contributed by atoms with Gasteiger partial charge in [0.2, 0.25) is 5.78 Å². The largest absolute Gasteiger partial charge is 0.458 e. The summed E-state index contributed by atoms with van der Waals surface area (Å²) >= 11 is 0. The molecule has 2 rings (SSSR count).